The highest BCUT2D eigenvalue weighted by Gasteiger charge is 2.30. The van der Waals surface area contributed by atoms with E-state index in [4.69, 9.17) is 9.47 Å². The number of ether oxygens (including phenoxy) is 2. The monoisotopic (exact) mass is 271 g/mol. The van der Waals surface area contributed by atoms with Crippen molar-refractivity contribution < 1.29 is 23.9 Å². The first-order valence-electron chi connectivity index (χ1n) is 6.67. The summed E-state index contributed by atoms with van der Waals surface area (Å²) in [5, 5.41) is 2.62. The van der Waals surface area contributed by atoms with Crippen LogP contribution >= 0.6 is 0 Å². The molecule has 1 saturated heterocycles. The summed E-state index contributed by atoms with van der Waals surface area (Å²) in [5.74, 6) is -2.00. The number of hydrogen-bond acceptors (Lipinski definition) is 5. The summed E-state index contributed by atoms with van der Waals surface area (Å²) in [7, 11) is 0. The minimum absolute atomic E-state index is 0.00914. The summed E-state index contributed by atoms with van der Waals surface area (Å²) in [6.07, 6.45) is 1.99. The Hall–Kier alpha value is -1.59. The normalized spacial score (nSPS) is 20.3. The molecule has 0 saturated carbocycles. The standard InChI is InChI=1S/C13H21NO5/c1-3-9(2)12(16)18-7-8-19-13(17)10-5-4-6-14-11(10)15/h9-10H,3-8H2,1-2H3,(H,14,15). The van der Waals surface area contributed by atoms with Crippen molar-refractivity contribution in [1.29, 1.82) is 0 Å². The lowest BCUT2D eigenvalue weighted by atomic mass is 9.99. The highest BCUT2D eigenvalue weighted by Crippen LogP contribution is 2.13. The first-order valence-corrected chi connectivity index (χ1v) is 6.67. The highest BCUT2D eigenvalue weighted by atomic mass is 16.6. The molecule has 0 radical (unpaired) electrons. The van der Waals surface area contributed by atoms with E-state index in [1.54, 1.807) is 6.92 Å². The third-order valence-electron chi connectivity index (χ3n) is 3.16. The Balaban J connectivity index is 2.20. The molecular formula is C13H21NO5. The molecule has 1 rings (SSSR count). The molecular weight excluding hydrogens is 250 g/mol. The molecule has 1 N–H and O–H groups in total. The maximum Gasteiger partial charge on any atom is 0.318 e. The predicted octanol–water partition coefficient (Wildman–Crippen LogP) is 0.645. The van der Waals surface area contributed by atoms with Gasteiger partial charge in [0.2, 0.25) is 5.91 Å². The fourth-order valence-corrected chi connectivity index (χ4v) is 1.69. The minimum atomic E-state index is -0.723. The van der Waals surface area contributed by atoms with Crippen molar-refractivity contribution in [3.63, 3.8) is 0 Å². The van der Waals surface area contributed by atoms with Gasteiger partial charge in [-0.25, -0.2) is 0 Å². The van der Waals surface area contributed by atoms with Gasteiger partial charge in [-0.1, -0.05) is 13.8 Å². The number of piperidine rings is 1. The zero-order valence-corrected chi connectivity index (χ0v) is 11.4. The molecule has 1 aliphatic heterocycles. The van der Waals surface area contributed by atoms with Crippen LogP contribution in [-0.4, -0.2) is 37.6 Å². The van der Waals surface area contributed by atoms with Gasteiger partial charge in [-0.3, -0.25) is 14.4 Å². The molecule has 2 atom stereocenters. The second-order valence-electron chi connectivity index (χ2n) is 4.63. The van der Waals surface area contributed by atoms with Gasteiger partial charge in [0.05, 0.1) is 5.92 Å². The zero-order chi connectivity index (χ0) is 14.3. The Morgan fingerprint density at radius 2 is 2.05 bits per heavy atom. The third-order valence-corrected chi connectivity index (χ3v) is 3.16. The lowest BCUT2D eigenvalue weighted by Gasteiger charge is -2.20. The molecule has 6 nitrogen and oxygen atoms in total. The van der Waals surface area contributed by atoms with Crippen LogP contribution in [0.5, 0.6) is 0 Å². The molecule has 2 unspecified atom stereocenters. The largest absolute Gasteiger partial charge is 0.462 e. The number of carbonyl (C=O) groups is 3. The van der Waals surface area contributed by atoms with Crippen LogP contribution < -0.4 is 5.32 Å². The van der Waals surface area contributed by atoms with Gasteiger partial charge in [-0.2, -0.15) is 0 Å². The maximum absolute atomic E-state index is 11.6. The van der Waals surface area contributed by atoms with Gasteiger partial charge in [0, 0.05) is 6.54 Å². The number of amides is 1. The van der Waals surface area contributed by atoms with E-state index in [9.17, 15) is 14.4 Å². The van der Waals surface area contributed by atoms with Crippen molar-refractivity contribution in [3.8, 4) is 0 Å². The van der Waals surface area contributed by atoms with Crippen LogP contribution in [0.1, 0.15) is 33.1 Å². The van der Waals surface area contributed by atoms with Crippen molar-refractivity contribution in [1.82, 2.24) is 5.32 Å². The molecule has 1 aliphatic rings. The minimum Gasteiger partial charge on any atom is -0.462 e. The number of esters is 2. The van der Waals surface area contributed by atoms with Crippen molar-refractivity contribution in [2.45, 2.75) is 33.1 Å². The topological polar surface area (TPSA) is 81.7 Å². The highest BCUT2D eigenvalue weighted by molar-refractivity contribution is 5.98. The molecule has 0 spiro atoms. The lowest BCUT2D eigenvalue weighted by molar-refractivity contribution is -0.159. The molecule has 0 aromatic rings. The van der Waals surface area contributed by atoms with Gasteiger partial charge in [0.1, 0.15) is 19.1 Å². The van der Waals surface area contributed by atoms with Crippen molar-refractivity contribution in [2.24, 2.45) is 11.8 Å². The van der Waals surface area contributed by atoms with Crippen LogP contribution in [0.2, 0.25) is 0 Å². The van der Waals surface area contributed by atoms with E-state index in [2.05, 4.69) is 5.32 Å². The summed E-state index contributed by atoms with van der Waals surface area (Å²) in [4.78, 5) is 34.4. The summed E-state index contributed by atoms with van der Waals surface area (Å²) in [6, 6.07) is 0. The molecule has 0 aromatic carbocycles. The van der Waals surface area contributed by atoms with Crippen molar-refractivity contribution in [3.05, 3.63) is 0 Å². The second-order valence-corrected chi connectivity index (χ2v) is 4.63. The third kappa shape index (κ3) is 4.89. The lowest BCUT2D eigenvalue weighted by Crippen LogP contribution is -2.41. The van der Waals surface area contributed by atoms with Gasteiger partial charge in [0.15, 0.2) is 0 Å². The van der Waals surface area contributed by atoms with Crippen LogP contribution in [-0.2, 0) is 23.9 Å². The SMILES string of the molecule is CCC(C)C(=O)OCCOC(=O)C1CCCNC1=O. The van der Waals surface area contributed by atoms with Crippen LogP contribution in [0.4, 0.5) is 0 Å². The molecule has 19 heavy (non-hydrogen) atoms. The molecule has 108 valence electrons. The van der Waals surface area contributed by atoms with Gasteiger partial charge in [-0.05, 0) is 19.3 Å². The number of carbonyl (C=O) groups excluding carboxylic acids is 3. The second kappa shape index (κ2) is 7.76. The molecule has 6 heteroatoms. The average Bonchev–Trinajstić information content (AvgIpc) is 2.42. The Bertz CT molecular complexity index is 342. The van der Waals surface area contributed by atoms with Crippen LogP contribution in [0.25, 0.3) is 0 Å². The van der Waals surface area contributed by atoms with Gasteiger partial charge in [-0.15, -0.1) is 0 Å². The van der Waals surface area contributed by atoms with Crippen molar-refractivity contribution in [2.75, 3.05) is 19.8 Å². The Morgan fingerprint density at radius 1 is 1.37 bits per heavy atom. The molecule has 0 aliphatic carbocycles. The summed E-state index contributed by atoms with van der Waals surface area (Å²) in [5.41, 5.74) is 0. The quantitative estimate of drug-likeness (QED) is 0.435. The molecule has 1 amide bonds. The average molecular weight is 271 g/mol. The van der Waals surface area contributed by atoms with Gasteiger partial charge in [0.25, 0.3) is 0 Å². The van der Waals surface area contributed by atoms with Crippen molar-refractivity contribution >= 4 is 17.8 Å². The molecule has 1 fully saturated rings. The Morgan fingerprint density at radius 3 is 2.68 bits per heavy atom. The summed E-state index contributed by atoms with van der Waals surface area (Å²) in [6.45, 7) is 4.30. The van der Waals surface area contributed by atoms with E-state index in [0.717, 1.165) is 6.42 Å². The summed E-state index contributed by atoms with van der Waals surface area (Å²) < 4.78 is 9.88. The van der Waals surface area contributed by atoms with E-state index in [1.165, 1.54) is 0 Å². The summed E-state index contributed by atoms with van der Waals surface area (Å²) >= 11 is 0. The van der Waals surface area contributed by atoms with E-state index in [1.807, 2.05) is 6.92 Å². The Labute approximate surface area is 112 Å². The molecule has 1 heterocycles. The smallest absolute Gasteiger partial charge is 0.318 e. The van der Waals surface area contributed by atoms with Crippen LogP contribution in [0.15, 0.2) is 0 Å². The molecule has 0 bridgehead atoms. The molecule has 0 aromatic heterocycles. The number of nitrogens with one attached hydrogen (secondary N) is 1. The number of rotatable bonds is 6. The van der Waals surface area contributed by atoms with E-state index in [-0.39, 0.29) is 31.0 Å². The van der Waals surface area contributed by atoms with Crippen LogP contribution in [0, 0.1) is 11.8 Å². The van der Waals surface area contributed by atoms with E-state index < -0.39 is 11.9 Å². The first kappa shape index (κ1) is 15.5. The van der Waals surface area contributed by atoms with Gasteiger partial charge >= 0.3 is 11.9 Å². The number of hydrogen-bond donors (Lipinski definition) is 1. The van der Waals surface area contributed by atoms with E-state index in [0.29, 0.717) is 19.4 Å². The van der Waals surface area contributed by atoms with Crippen LogP contribution in [0.3, 0.4) is 0 Å². The fraction of sp³-hybridized carbons (Fsp3) is 0.769. The Kier molecular flexibility index (Phi) is 6.32. The zero-order valence-electron chi connectivity index (χ0n) is 11.4. The predicted molar refractivity (Wildman–Crippen MR) is 67.1 cm³/mol. The van der Waals surface area contributed by atoms with Gasteiger partial charge < -0.3 is 14.8 Å². The maximum atomic E-state index is 11.6. The first-order chi connectivity index (χ1) is 9.06. The van der Waals surface area contributed by atoms with E-state index >= 15 is 0 Å². The fourth-order valence-electron chi connectivity index (χ4n) is 1.69.